The lowest BCUT2D eigenvalue weighted by atomic mass is 10.2. The highest BCUT2D eigenvalue weighted by Gasteiger charge is 2.48. The van der Waals surface area contributed by atoms with Crippen molar-refractivity contribution in [2.45, 2.75) is 31.2 Å². The van der Waals surface area contributed by atoms with Crippen LogP contribution in [0.15, 0.2) is 6.30 Å². The van der Waals surface area contributed by atoms with Gasteiger partial charge in [-0.3, -0.25) is 0 Å². The van der Waals surface area contributed by atoms with E-state index in [1.807, 2.05) is 4.57 Å². The number of rotatable bonds is 0. The summed E-state index contributed by atoms with van der Waals surface area (Å²) in [5.41, 5.74) is 0.302. The first-order chi connectivity index (χ1) is 5.32. The van der Waals surface area contributed by atoms with Crippen molar-refractivity contribution in [3.63, 3.8) is 0 Å². The van der Waals surface area contributed by atoms with Crippen LogP contribution in [0.25, 0.3) is 0 Å². The molecule has 1 saturated carbocycles. The summed E-state index contributed by atoms with van der Waals surface area (Å²) in [5.74, 6) is 1.02. The third-order valence-electron chi connectivity index (χ3n) is 2.68. The van der Waals surface area contributed by atoms with Crippen LogP contribution >= 0.6 is 0 Å². The van der Waals surface area contributed by atoms with E-state index in [9.17, 15) is 0 Å². The molecule has 1 aromatic rings. The molecule has 1 fully saturated rings. The molecule has 1 aromatic heterocycles. The van der Waals surface area contributed by atoms with Gasteiger partial charge in [-0.1, -0.05) is 0 Å². The van der Waals surface area contributed by atoms with Crippen molar-refractivity contribution in [2.24, 2.45) is 0 Å². The van der Waals surface area contributed by atoms with Gasteiger partial charge in [0.1, 0.15) is 13.5 Å². The van der Waals surface area contributed by atoms with Crippen molar-refractivity contribution >= 4 is 0 Å². The quantitative estimate of drug-likeness (QED) is 0.526. The average molecular weight is 136 g/mol. The number of aryl methyl sites for hydroxylation is 1. The molecule has 0 bridgehead atoms. The van der Waals surface area contributed by atoms with Crippen LogP contribution in [-0.2, 0) is 12.0 Å². The molecule has 0 amide bonds. The van der Waals surface area contributed by atoms with Crippen molar-refractivity contribution < 1.29 is 1.37 Å². The highest BCUT2D eigenvalue weighted by Crippen LogP contribution is 2.50. The molecule has 0 aromatic carbocycles. The monoisotopic (exact) mass is 136 g/mol. The van der Waals surface area contributed by atoms with Crippen molar-refractivity contribution in [3.05, 3.63) is 12.1 Å². The van der Waals surface area contributed by atoms with Gasteiger partial charge in [0.2, 0.25) is 0 Å². The van der Waals surface area contributed by atoms with Gasteiger partial charge < -0.3 is 4.57 Å². The molecular weight excluding hydrogens is 126 g/mol. The molecule has 3 nitrogen and oxygen atoms in total. The number of aromatic nitrogens is 3. The van der Waals surface area contributed by atoms with Gasteiger partial charge in [0.05, 0.1) is 0 Å². The Labute approximate surface area is 60.5 Å². The summed E-state index contributed by atoms with van der Waals surface area (Å²) < 4.78 is 9.54. The Bertz CT molecular complexity index is 313. The predicted octanol–water partition coefficient (Wildman–Crippen LogP) is 0.713. The van der Waals surface area contributed by atoms with Crippen LogP contribution in [0.2, 0.25) is 0 Å². The molecule has 52 valence electrons. The van der Waals surface area contributed by atoms with Crippen LogP contribution in [0.5, 0.6) is 0 Å². The van der Waals surface area contributed by atoms with Crippen molar-refractivity contribution in [2.75, 3.05) is 0 Å². The third kappa shape index (κ3) is 0.394. The molecule has 3 rings (SSSR count). The molecule has 1 aliphatic carbocycles. The highest BCUT2D eigenvalue weighted by molar-refractivity contribution is 5.12. The Balaban J connectivity index is 2.25. The lowest BCUT2D eigenvalue weighted by molar-refractivity contribution is 0.507. The summed E-state index contributed by atoms with van der Waals surface area (Å²) in [6, 6.07) is 0. The standard InChI is InChI=1S/C7H9N3/c1-2-7(3-4-7)10-5-8-9-6(1)10/h5H,1-4H2/i5D. The summed E-state index contributed by atoms with van der Waals surface area (Å²) >= 11 is 0. The normalized spacial score (nSPS) is 26.6. The molecule has 10 heavy (non-hydrogen) atoms. The van der Waals surface area contributed by atoms with E-state index in [0.29, 0.717) is 11.8 Å². The molecule has 0 radical (unpaired) electrons. The van der Waals surface area contributed by atoms with Crippen molar-refractivity contribution in [1.29, 1.82) is 0 Å². The molecule has 0 saturated heterocycles. The minimum Gasteiger partial charge on any atom is -0.311 e. The van der Waals surface area contributed by atoms with E-state index < -0.39 is 0 Å². The Hall–Kier alpha value is -0.860. The molecule has 1 spiro atoms. The van der Waals surface area contributed by atoms with Gasteiger partial charge in [0.15, 0.2) is 0 Å². The summed E-state index contributed by atoms with van der Waals surface area (Å²) in [4.78, 5) is 0. The largest absolute Gasteiger partial charge is 0.311 e. The lowest BCUT2D eigenvalue weighted by Gasteiger charge is -2.06. The number of hydrogen-bond donors (Lipinski definition) is 0. The first-order valence-electron chi connectivity index (χ1n) is 4.23. The fraction of sp³-hybridized carbons (Fsp3) is 0.714. The van der Waals surface area contributed by atoms with Gasteiger partial charge in [0.25, 0.3) is 0 Å². The minimum absolute atomic E-state index is 0.302. The zero-order valence-corrected chi connectivity index (χ0v) is 5.67. The van der Waals surface area contributed by atoms with E-state index in [-0.39, 0.29) is 0 Å². The maximum Gasteiger partial charge on any atom is 0.133 e. The molecule has 0 N–H and O–H groups in total. The van der Waals surface area contributed by atoms with Gasteiger partial charge in [-0.2, -0.15) is 0 Å². The van der Waals surface area contributed by atoms with Gasteiger partial charge in [-0.25, -0.2) is 0 Å². The predicted molar refractivity (Wildman–Crippen MR) is 35.6 cm³/mol. The van der Waals surface area contributed by atoms with Gasteiger partial charge in [0, 0.05) is 12.0 Å². The van der Waals surface area contributed by atoms with Crippen LogP contribution in [0.3, 0.4) is 0 Å². The zero-order valence-electron chi connectivity index (χ0n) is 6.67. The van der Waals surface area contributed by atoms with Crippen LogP contribution in [0.4, 0.5) is 0 Å². The molecular formula is C7H9N3. The molecule has 0 unspecified atom stereocenters. The Kier molecular flexibility index (Phi) is 0.518. The van der Waals surface area contributed by atoms with E-state index in [2.05, 4.69) is 10.2 Å². The first kappa shape index (κ1) is 4.11. The number of hydrogen-bond acceptors (Lipinski definition) is 2. The number of fused-ring (bicyclic) bond motifs is 2. The van der Waals surface area contributed by atoms with Crippen LogP contribution < -0.4 is 0 Å². The summed E-state index contributed by atoms with van der Waals surface area (Å²) in [5, 5.41) is 7.71. The van der Waals surface area contributed by atoms with E-state index in [0.717, 1.165) is 12.2 Å². The summed E-state index contributed by atoms with van der Waals surface area (Å²) in [6.07, 6.45) is 5.01. The minimum atomic E-state index is 0.302. The summed E-state index contributed by atoms with van der Waals surface area (Å²) in [7, 11) is 0. The molecule has 2 heterocycles. The van der Waals surface area contributed by atoms with Crippen LogP contribution in [0.1, 0.15) is 26.5 Å². The highest BCUT2D eigenvalue weighted by atomic mass is 15.3. The Morgan fingerprint density at radius 2 is 2.50 bits per heavy atom. The fourth-order valence-electron chi connectivity index (χ4n) is 1.84. The average Bonchev–Trinajstić information content (AvgIpc) is 2.51. The third-order valence-corrected chi connectivity index (χ3v) is 2.68. The topological polar surface area (TPSA) is 30.7 Å². The Morgan fingerprint density at radius 1 is 1.60 bits per heavy atom. The first-order valence-corrected chi connectivity index (χ1v) is 3.73. The van der Waals surface area contributed by atoms with Gasteiger partial charge in [-0.15, -0.1) is 10.2 Å². The second-order valence-electron chi connectivity index (χ2n) is 3.28. The van der Waals surface area contributed by atoms with Crippen LogP contribution in [0, 0.1) is 0 Å². The fourth-order valence-corrected chi connectivity index (χ4v) is 1.84. The second kappa shape index (κ2) is 1.26. The van der Waals surface area contributed by atoms with E-state index >= 15 is 0 Å². The number of nitrogens with zero attached hydrogens (tertiary/aromatic N) is 3. The van der Waals surface area contributed by atoms with Crippen molar-refractivity contribution in [1.82, 2.24) is 14.8 Å². The van der Waals surface area contributed by atoms with Gasteiger partial charge in [-0.05, 0) is 19.3 Å². The van der Waals surface area contributed by atoms with E-state index in [1.165, 1.54) is 19.3 Å². The smallest absolute Gasteiger partial charge is 0.133 e. The SMILES string of the molecule is [2H]c1nnc2n1C1(CC2)CC1. The van der Waals surface area contributed by atoms with Crippen LogP contribution in [-0.4, -0.2) is 14.8 Å². The molecule has 2 aliphatic rings. The molecule has 0 atom stereocenters. The van der Waals surface area contributed by atoms with E-state index in [1.54, 1.807) is 0 Å². The second-order valence-corrected chi connectivity index (χ2v) is 3.28. The maximum atomic E-state index is 7.52. The lowest BCUT2D eigenvalue weighted by Crippen LogP contribution is -2.09. The van der Waals surface area contributed by atoms with E-state index in [4.69, 9.17) is 1.37 Å². The zero-order chi connectivity index (χ0) is 7.47. The van der Waals surface area contributed by atoms with Crippen molar-refractivity contribution in [3.8, 4) is 0 Å². The van der Waals surface area contributed by atoms with Gasteiger partial charge >= 0.3 is 0 Å². The maximum absolute atomic E-state index is 7.52. The molecule has 3 heteroatoms. The molecule has 1 aliphatic heterocycles. The summed E-state index contributed by atoms with van der Waals surface area (Å²) in [6.45, 7) is 0. The Morgan fingerprint density at radius 3 is 3.30 bits per heavy atom.